The molecular formula is C18H16FN3O2. The van der Waals surface area contributed by atoms with Gasteiger partial charge >= 0.3 is 0 Å². The lowest BCUT2D eigenvalue weighted by Gasteiger charge is -2.09. The second kappa shape index (κ2) is 9.06. The Morgan fingerprint density at radius 3 is 2.88 bits per heavy atom. The molecule has 2 rings (SSSR count). The topological polar surface area (TPSA) is 75.0 Å². The number of rotatable bonds is 7. The minimum atomic E-state index is -0.375. The van der Waals surface area contributed by atoms with E-state index in [0.717, 1.165) is 0 Å². The van der Waals surface area contributed by atoms with Crippen LogP contribution in [0.4, 0.5) is 10.2 Å². The number of amides is 1. The summed E-state index contributed by atoms with van der Waals surface area (Å²) in [4.78, 5) is 16.0. The van der Waals surface area contributed by atoms with Crippen LogP contribution in [0.2, 0.25) is 0 Å². The predicted molar refractivity (Wildman–Crippen MR) is 88.6 cm³/mol. The fourth-order valence-corrected chi connectivity index (χ4v) is 1.84. The van der Waals surface area contributed by atoms with Crippen molar-refractivity contribution in [1.29, 1.82) is 5.26 Å². The number of nitrogens with one attached hydrogen (secondary N) is 1. The maximum Gasteiger partial charge on any atom is 0.249 e. The van der Waals surface area contributed by atoms with Crippen LogP contribution in [0.5, 0.6) is 5.75 Å². The molecule has 24 heavy (non-hydrogen) atoms. The van der Waals surface area contributed by atoms with E-state index in [1.807, 2.05) is 6.07 Å². The molecule has 1 N–H and O–H groups in total. The molecule has 0 fully saturated rings. The van der Waals surface area contributed by atoms with Crippen LogP contribution in [0.25, 0.3) is 6.08 Å². The maximum absolute atomic E-state index is 12.8. The van der Waals surface area contributed by atoms with E-state index in [1.165, 1.54) is 18.2 Å². The Morgan fingerprint density at radius 2 is 2.12 bits per heavy atom. The van der Waals surface area contributed by atoms with Crippen LogP contribution < -0.4 is 10.1 Å². The van der Waals surface area contributed by atoms with Gasteiger partial charge in [-0.15, -0.1) is 0 Å². The van der Waals surface area contributed by atoms with E-state index < -0.39 is 0 Å². The number of nitrogens with zero attached hydrogens (tertiary/aromatic N) is 2. The van der Waals surface area contributed by atoms with Gasteiger partial charge in [0.25, 0.3) is 0 Å². The van der Waals surface area contributed by atoms with Crippen molar-refractivity contribution in [1.82, 2.24) is 4.98 Å². The van der Waals surface area contributed by atoms with E-state index in [2.05, 4.69) is 10.3 Å². The zero-order chi connectivity index (χ0) is 17.2. The molecule has 1 aromatic heterocycles. The molecule has 5 nitrogen and oxygen atoms in total. The van der Waals surface area contributed by atoms with Crippen molar-refractivity contribution in [3.8, 4) is 11.8 Å². The Labute approximate surface area is 139 Å². The van der Waals surface area contributed by atoms with Gasteiger partial charge in [0.2, 0.25) is 5.91 Å². The van der Waals surface area contributed by atoms with Crippen LogP contribution >= 0.6 is 0 Å². The lowest BCUT2D eigenvalue weighted by Crippen LogP contribution is -2.11. The number of hydrogen-bond donors (Lipinski definition) is 1. The van der Waals surface area contributed by atoms with Gasteiger partial charge in [0.1, 0.15) is 5.82 Å². The normalized spacial score (nSPS) is 10.3. The van der Waals surface area contributed by atoms with Crippen molar-refractivity contribution < 1.29 is 13.9 Å². The molecule has 1 amide bonds. The first kappa shape index (κ1) is 17.2. The van der Waals surface area contributed by atoms with Crippen LogP contribution in [0.15, 0.2) is 48.7 Å². The molecule has 2 aromatic rings. The number of nitriles is 1. The Hall–Kier alpha value is -3.20. The smallest absolute Gasteiger partial charge is 0.249 e. The molecule has 0 spiro atoms. The number of halogens is 1. The van der Waals surface area contributed by atoms with Crippen molar-refractivity contribution >= 4 is 17.8 Å². The van der Waals surface area contributed by atoms with Gasteiger partial charge in [0.15, 0.2) is 11.6 Å². The molecule has 0 saturated carbocycles. The first-order valence-corrected chi connectivity index (χ1v) is 7.38. The fraction of sp³-hybridized carbons (Fsp3) is 0.167. The summed E-state index contributed by atoms with van der Waals surface area (Å²) < 4.78 is 18.3. The average molecular weight is 325 g/mol. The third kappa shape index (κ3) is 5.54. The third-order valence-electron chi connectivity index (χ3n) is 3.00. The Bertz CT molecular complexity index is 752. The highest BCUT2D eigenvalue weighted by atomic mass is 19.1. The lowest BCUT2D eigenvalue weighted by atomic mass is 10.2. The van der Waals surface area contributed by atoms with Crippen LogP contribution in [0, 0.1) is 17.1 Å². The molecule has 0 aliphatic carbocycles. The van der Waals surface area contributed by atoms with Gasteiger partial charge in [-0.25, -0.2) is 9.37 Å². The number of ether oxygens (including phenoxy) is 1. The number of pyridine rings is 1. The zero-order valence-electron chi connectivity index (χ0n) is 12.9. The van der Waals surface area contributed by atoms with Crippen molar-refractivity contribution in [2.45, 2.75) is 12.8 Å². The fourth-order valence-electron chi connectivity index (χ4n) is 1.84. The van der Waals surface area contributed by atoms with Gasteiger partial charge in [-0.3, -0.25) is 4.79 Å². The van der Waals surface area contributed by atoms with Gasteiger partial charge in [-0.2, -0.15) is 5.26 Å². The first-order valence-electron chi connectivity index (χ1n) is 7.38. The molecular weight excluding hydrogens is 309 g/mol. The van der Waals surface area contributed by atoms with E-state index in [1.54, 1.807) is 36.5 Å². The summed E-state index contributed by atoms with van der Waals surface area (Å²) in [7, 11) is 0. The first-order chi connectivity index (χ1) is 11.7. The maximum atomic E-state index is 12.8. The van der Waals surface area contributed by atoms with E-state index in [-0.39, 0.29) is 11.7 Å². The summed E-state index contributed by atoms with van der Waals surface area (Å²) >= 11 is 0. The largest absolute Gasteiger partial charge is 0.490 e. The van der Waals surface area contributed by atoms with E-state index in [0.29, 0.717) is 36.6 Å². The quantitative estimate of drug-likeness (QED) is 0.624. The number of aromatic nitrogens is 1. The van der Waals surface area contributed by atoms with Gasteiger partial charge in [0, 0.05) is 18.7 Å². The Kier molecular flexibility index (Phi) is 6.47. The van der Waals surface area contributed by atoms with Gasteiger partial charge in [-0.05, 0) is 42.3 Å². The summed E-state index contributed by atoms with van der Waals surface area (Å²) in [5.74, 6) is 0.0466. The van der Waals surface area contributed by atoms with Crippen LogP contribution in [0.3, 0.4) is 0 Å². The molecule has 122 valence electrons. The number of carbonyl (C=O) groups excluding carboxylic acids is 1. The average Bonchev–Trinajstić information content (AvgIpc) is 2.59. The summed E-state index contributed by atoms with van der Waals surface area (Å²) in [6, 6.07) is 11.2. The van der Waals surface area contributed by atoms with Gasteiger partial charge in [-0.1, -0.05) is 12.1 Å². The van der Waals surface area contributed by atoms with E-state index in [4.69, 9.17) is 10.00 Å². The van der Waals surface area contributed by atoms with Crippen molar-refractivity contribution in [2.75, 3.05) is 11.9 Å². The lowest BCUT2D eigenvalue weighted by molar-refractivity contribution is -0.111. The number of hydrogen-bond acceptors (Lipinski definition) is 4. The number of anilines is 1. The van der Waals surface area contributed by atoms with Crippen LogP contribution in [-0.2, 0) is 4.79 Å². The second-order valence-electron chi connectivity index (χ2n) is 4.83. The number of unbranched alkanes of at least 4 members (excludes halogenated alkanes) is 1. The molecule has 0 saturated heterocycles. The molecule has 0 aliphatic rings. The summed E-state index contributed by atoms with van der Waals surface area (Å²) in [6.07, 6.45) is 5.46. The minimum absolute atomic E-state index is 0.309. The van der Waals surface area contributed by atoms with Crippen molar-refractivity contribution in [3.63, 3.8) is 0 Å². The highest BCUT2D eigenvalue weighted by Gasteiger charge is 2.07. The summed E-state index contributed by atoms with van der Waals surface area (Å²) in [5.41, 5.74) is 0.709. The van der Waals surface area contributed by atoms with Gasteiger partial charge < -0.3 is 10.1 Å². The monoisotopic (exact) mass is 325 g/mol. The minimum Gasteiger partial charge on any atom is -0.490 e. The van der Waals surface area contributed by atoms with E-state index >= 15 is 0 Å². The molecule has 0 atom stereocenters. The molecule has 0 aliphatic heterocycles. The number of carbonyl (C=O) groups is 1. The Morgan fingerprint density at radius 1 is 1.33 bits per heavy atom. The summed E-state index contributed by atoms with van der Waals surface area (Å²) in [5, 5.41) is 11.1. The molecule has 0 radical (unpaired) electrons. The predicted octanol–water partition coefficient (Wildman–Crippen LogP) is 3.56. The SMILES string of the molecule is N#CCCCOc1cccnc1NC(=O)/C=C\c1ccc(F)cc1. The number of benzene rings is 1. The van der Waals surface area contributed by atoms with Crippen LogP contribution in [0.1, 0.15) is 18.4 Å². The van der Waals surface area contributed by atoms with Crippen molar-refractivity contribution in [3.05, 3.63) is 60.1 Å². The van der Waals surface area contributed by atoms with Crippen LogP contribution in [-0.4, -0.2) is 17.5 Å². The molecule has 1 heterocycles. The standard InChI is InChI=1S/C18H16FN3O2/c19-15-8-5-14(6-9-15)7-10-17(23)22-18-16(4-3-12-21-18)24-13-2-1-11-20/h3-10,12H,1-2,13H2,(H,21,22,23)/b10-7-. The summed E-state index contributed by atoms with van der Waals surface area (Å²) in [6.45, 7) is 0.369. The van der Waals surface area contributed by atoms with E-state index in [9.17, 15) is 9.18 Å². The van der Waals surface area contributed by atoms with Gasteiger partial charge in [0.05, 0.1) is 12.7 Å². The molecule has 0 bridgehead atoms. The molecule has 0 unspecified atom stereocenters. The Balaban J connectivity index is 1.96. The highest BCUT2D eigenvalue weighted by molar-refractivity contribution is 6.02. The zero-order valence-corrected chi connectivity index (χ0v) is 12.9. The second-order valence-corrected chi connectivity index (χ2v) is 4.83. The molecule has 6 heteroatoms. The highest BCUT2D eigenvalue weighted by Crippen LogP contribution is 2.21. The van der Waals surface area contributed by atoms with Crippen molar-refractivity contribution in [2.24, 2.45) is 0 Å². The third-order valence-corrected chi connectivity index (χ3v) is 3.00. The molecule has 1 aromatic carbocycles.